The molecule has 2 aliphatic rings. The van der Waals surface area contributed by atoms with E-state index < -0.39 is 17.5 Å². The van der Waals surface area contributed by atoms with E-state index in [-0.39, 0.29) is 23.5 Å². The molecular weight excluding hydrogens is 342 g/mol. The second kappa shape index (κ2) is 8.58. The third-order valence-electron chi connectivity index (χ3n) is 5.10. The molecule has 7 heteroatoms. The van der Waals surface area contributed by atoms with Gasteiger partial charge in [0.2, 0.25) is 5.91 Å². The van der Waals surface area contributed by atoms with Gasteiger partial charge in [-0.25, -0.2) is 8.78 Å². The lowest BCUT2D eigenvalue weighted by Gasteiger charge is -2.31. The lowest BCUT2D eigenvalue weighted by Crippen LogP contribution is -2.43. The van der Waals surface area contributed by atoms with Crippen molar-refractivity contribution in [2.75, 3.05) is 26.2 Å². The van der Waals surface area contributed by atoms with E-state index in [0.29, 0.717) is 38.5 Å². The molecule has 1 atom stereocenters. The zero-order valence-corrected chi connectivity index (χ0v) is 14.7. The van der Waals surface area contributed by atoms with E-state index in [9.17, 15) is 18.4 Å². The van der Waals surface area contributed by atoms with Crippen LogP contribution in [-0.4, -0.2) is 49.1 Å². The molecule has 0 unspecified atom stereocenters. The van der Waals surface area contributed by atoms with Crippen LogP contribution in [0.3, 0.4) is 0 Å². The summed E-state index contributed by atoms with van der Waals surface area (Å²) in [4.78, 5) is 26.1. The topological polar surface area (TPSA) is 58.6 Å². The average Bonchev–Trinajstić information content (AvgIpc) is 3.15. The highest BCUT2D eigenvalue weighted by Crippen LogP contribution is 2.21. The molecular formula is C19H24F2N2O3. The van der Waals surface area contributed by atoms with Crippen molar-refractivity contribution in [3.63, 3.8) is 0 Å². The number of carbonyl (C=O) groups is 2. The van der Waals surface area contributed by atoms with E-state index in [0.717, 1.165) is 38.0 Å². The number of nitrogens with one attached hydrogen (secondary N) is 1. The monoisotopic (exact) mass is 366 g/mol. The number of carbonyl (C=O) groups excluding carboxylic acids is 2. The Kier molecular flexibility index (Phi) is 6.19. The molecule has 0 spiro atoms. The Bertz CT molecular complexity index is 654. The van der Waals surface area contributed by atoms with E-state index in [1.165, 1.54) is 4.90 Å². The van der Waals surface area contributed by atoms with Gasteiger partial charge in [0, 0.05) is 38.2 Å². The molecule has 3 rings (SSSR count). The molecule has 0 aromatic heterocycles. The third kappa shape index (κ3) is 4.58. The summed E-state index contributed by atoms with van der Waals surface area (Å²) in [5.41, 5.74) is -0.133. The van der Waals surface area contributed by atoms with Gasteiger partial charge in [0.05, 0.1) is 11.7 Å². The predicted octanol–water partition coefficient (Wildman–Crippen LogP) is 2.50. The van der Waals surface area contributed by atoms with Crippen molar-refractivity contribution in [3.8, 4) is 0 Å². The van der Waals surface area contributed by atoms with Crippen LogP contribution in [0.15, 0.2) is 18.2 Å². The number of hydrogen-bond donors (Lipinski definition) is 1. The number of halogens is 2. The molecule has 0 saturated carbocycles. The maximum atomic E-state index is 13.8. The molecule has 1 N–H and O–H groups in total. The van der Waals surface area contributed by atoms with Gasteiger partial charge in [-0.15, -0.1) is 0 Å². The summed E-state index contributed by atoms with van der Waals surface area (Å²) >= 11 is 0. The molecule has 5 nitrogen and oxygen atoms in total. The summed E-state index contributed by atoms with van der Waals surface area (Å²) in [5.74, 6) is -2.16. The van der Waals surface area contributed by atoms with Gasteiger partial charge in [-0.1, -0.05) is 0 Å². The van der Waals surface area contributed by atoms with Crippen LogP contribution < -0.4 is 5.32 Å². The molecule has 0 aliphatic carbocycles. The van der Waals surface area contributed by atoms with Crippen molar-refractivity contribution < 1.29 is 23.1 Å². The average molecular weight is 366 g/mol. The first-order valence-corrected chi connectivity index (χ1v) is 9.18. The van der Waals surface area contributed by atoms with Crippen LogP contribution in [0.1, 0.15) is 42.5 Å². The second-order valence-electron chi connectivity index (χ2n) is 6.91. The summed E-state index contributed by atoms with van der Waals surface area (Å²) in [6.45, 7) is 2.18. The van der Waals surface area contributed by atoms with Crippen molar-refractivity contribution >= 4 is 11.8 Å². The third-order valence-corrected chi connectivity index (χ3v) is 5.10. The molecule has 26 heavy (non-hydrogen) atoms. The minimum absolute atomic E-state index is 0.00283. The zero-order valence-electron chi connectivity index (χ0n) is 14.7. The van der Waals surface area contributed by atoms with Crippen LogP contribution >= 0.6 is 0 Å². The number of ether oxygens (including phenoxy) is 1. The van der Waals surface area contributed by atoms with E-state index in [1.807, 2.05) is 0 Å². The largest absolute Gasteiger partial charge is 0.378 e. The molecule has 0 bridgehead atoms. The smallest absolute Gasteiger partial charge is 0.256 e. The Morgan fingerprint density at radius 3 is 2.62 bits per heavy atom. The maximum Gasteiger partial charge on any atom is 0.256 e. The van der Waals surface area contributed by atoms with Crippen molar-refractivity contribution in [1.29, 1.82) is 0 Å². The summed E-state index contributed by atoms with van der Waals surface area (Å²) < 4.78 is 32.3. The van der Waals surface area contributed by atoms with Crippen LogP contribution in [-0.2, 0) is 9.53 Å². The highest BCUT2D eigenvalue weighted by atomic mass is 19.1. The van der Waals surface area contributed by atoms with Gasteiger partial charge >= 0.3 is 0 Å². The fourth-order valence-corrected chi connectivity index (χ4v) is 3.55. The first-order valence-electron chi connectivity index (χ1n) is 9.18. The Labute approximate surface area is 151 Å². The molecule has 1 aromatic carbocycles. The van der Waals surface area contributed by atoms with Gasteiger partial charge in [-0.3, -0.25) is 9.59 Å². The quantitative estimate of drug-likeness (QED) is 0.871. The lowest BCUT2D eigenvalue weighted by molar-refractivity contribution is -0.126. The standard InChI is InChI=1S/C19H24F2N2O3/c20-14-3-4-16(17(21)12-14)19(25)23-9-6-13(7-10-23)18(24)22-8-5-15-2-1-11-26-15/h3-4,12-13,15H,1-2,5-11H2,(H,22,24)/t15-/m1/s1. The Balaban J connectivity index is 1.44. The summed E-state index contributed by atoms with van der Waals surface area (Å²) in [7, 11) is 0. The highest BCUT2D eigenvalue weighted by Gasteiger charge is 2.29. The van der Waals surface area contributed by atoms with Crippen molar-refractivity contribution in [1.82, 2.24) is 10.2 Å². The van der Waals surface area contributed by atoms with Gasteiger partial charge in [-0.2, -0.15) is 0 Å². The molecule has 2 saturated heterocycles. The van der Waals surface area contributed by atoms with E-state index in [1.54, 1.807) is 0 Å². The second-order valence-corrected chi connectivity index (χ2v) is 6.91. The lowest BCUT2D eigenvalue weighted by atomic mass is 9.95. The summed E-state index contributed by atoms with van der Waals surface area (Å²) in [6.07, 6.45) is 4.30. The molecule has 142 valence electrons. The van der Waals surface area contributed by atoms with Crippen LogP contribution in [0.25, 0.3) is 0 Å². The number of likely N-dealkylation sites (tertiary alicyclic amines) is 1. The number of amides is 2. The zero-order chi connectivity index (χ0) is 18.5. The molecule has 2 fully saturated rings. The van der Waals surface area contributed by atoms with Crippen molar-refractivity contribution in [3.05, 3.63) is 35.4 Å². The van der Waals surface area contributed by atoms with Gasteiger partial charge in [0.15, 0.2) is 0 Å². The first-order chi connectivity index (χ1) is 12.5. The van der Waals surface area contributed by atoms with Crippen LogP contribution in [0.5, 0.6) is 0 Å². The Morgan fingerprint density at radius 2 is 1.96 bits per heavy atom. The number of nitrogens with zero attached hydrogens (tertiary/aromatic N) is 1. The van der Waals surface area contributed by atoms with Crippen molar-refractivity contribution in [2.45, 2.75) is 38.2 Å². The fourth-order valence-electron chi connectivity index (χ4n) is 3.55. The van der Waals surface area contributed by atoms with E-state index >= 15 is 0 Å². The van der Waals surface area contributed by atoms with Crippen LogP contribution in [0, 0.1) is 17.6 Å². The van der Waals surface area contributed by atoms with Gasteiger partial charge in [0.1, 0.15) is 11.6 Å². The Hall–Kier alpha value is -2.02. The number of rotatable bonds is 5. The minimum atomic E-state index is -0.857. The number of piperidine rings is 1. The predicted molar refractivity (Wildman–Crippen MR) is 91.6 cm³/mol. The molecule has 2 heterocycles. The highest BCUT2D eigenvalue weighted by molar-refractivity contribution is 5.94. The van der Waals surface area contributed by atoms with Gasteiger partial charge < -0.3 is 15.0 Å². The summed E-state index contributed by atoms with van der Waals surface area (Å²) in [5, 5.41) is 2.95. The first kappa shape index (κ1) is 18.8. The van der Waals surface area contributed by atoms with Crippen LogP contribution in [0.2, 0.25) is 0 Å². The minimum Gasteiger partial charge on any atom is -0.378 e. The number of hydrogen-bond acceptors (Lipinski definition) is 3. The maximum absolute atomic E-state index is 13.8. The van der Waals surface area contributed by atoms with E-state index in [4.69, 9.17) is 4.74 Å². The molecule has 2 aliphatic heterocycles. The normalized spacial score (nSPS) is 21.0. The van der Waals surface area contributed by atoms with E-state index in [2.05, 4.69) is 5.32 Å². The molecule has 0 radical (unpaired) electrons. The SMILES string of the molecule is O=C(NCC[C@H]1CCCO1)C1CCN(C(=O)c2ccc(F)cc2F)CC1. The number of benzene rings is 1. The van der Waals surface area contributed by atoms with Crippen LogP contribution in [0.4, 0.5) is 8.78 Å². The van der Waals surface area contributed by atoms with Crippen molar-refractivity contribution in [2.24, 2.45) is 5.92 Å². The fraction of sp³-hybridized carbons (Fsp3) is 0.579. The summed E-state index contributed by atoms with van der Waals surface area (Å²) in [6, 6.07) is 2.95. The Morgan fingerprint density at radius 1 is 1.19 bits per heavy atom. The van der Waals surface area contributed by atoms with Gasteiger partial charge in [0.25, 0.3) is 5.91 Å². The van der Waals surface area contributed by atoms with Gasteiger partial charge in [-0.05, 0) is 44.2 Å². The molecule has 1 aromatic rings. The molecule has 2 amide bonds.